The number of nitrogens with zero attached hydrogens (tertiary/aromatic N) is 2. The van der Waals surface area contributed by atoms with Gasteiger partial charge in [-0.1, -0.05) is 60.7 Å². The Balaban J connectivity index is 2.56. The van der Waals surface area contributed by atoms with Crippen LogP contribution in [0.4, 0.5) is 4.79 Å². The van der Waals surface area contributed by atoms with Gasteiger partial charge in [-0.3, -0.25) is 0 Å². The van der Waals surface area contributed by atoms with Crippen molar-refractivity contribution in [2.75, 3.05) is 34.2 Å². The third kappa shape index (κ3) is 6.21. The van der Waals surface area contributed by atoms with Crippen molar-refractivity contribution in [3.8, 4) is 0 Å². The van der Waals surface area contributed by atoms with E-state index in [1.807, 2.05) is 49.4 Å². The molecule has 0 unspecified atom stereocenters. The van der Waals surface area contributed by atoms with Crippen LogP contribution >= 0.6 is 0 Å². The highest BCUT2D eigenvalue weighted by molar-refractivity contribution is 5.69. The summed E-state index contributed by atoms with van der Waals surface area (Å²) in [6.07, 6.45) is 4.09. The Bertz CT molecular complexity index is 810. The number of benzene rings is 2. The van der Waals surface area contributed by atoms with Gasteiger partial charge in [0.15, 0.2) is 0 Å². The summed E-state index contributed by atoms with van der Waals surface area (Å²) in [5.41, 5.74) is 7.21. The topological polar surface area (TPSA) is 58.8 Å². The molecular formula is C27H39N3O2. The second kappa shape index (κ2) is 12.4. The average Bonchev–Trinajstić information content (AvgIpc) is 2.82. The summed E-state index contributed by atoms with van der Waals surface area (Å²) in [4.78, 5) is 16.9. The van der Waals surface area contributed by atoms with Gasteiger partial charge in [-0.2, -0.15) is 0 Å². The largest absolute Gasteiger partial charge is 0.414 e. The molecule has 0 heterocycles. The Morgan fingerprint density at radius 2 is 1.53 bits per heavy atom. The van der Waals surface area contributed by atoms with Crippen LogP contribution in [0.1, 0.15) is 44.2 Å². The monoisotopic (exact) mass is 437 g/mol. The van der Waals surface area contributed by atoms with E-state index in [4.69, 9.17) is 10.5 Å². The van der Waals surface area contributed by atoms with Crippen molar-refractivity contribution in [2.45, 2.75) is 44.6 Å². The Morgan fingerprint density at radius 1 is 1.00 bits per heavy atom. The van der Waals surface area contributed by atoms with Gasteiger partial charge in [-0.25, -0.2) is 4.79 Å². The van der Waals surface area contributed by atoms with Crippen molar-refractivity contribution in [1.82, 2.24) is 9.80 Å². The zero-order valence-corrected chi connectivity index (χ0v) is 20.3. The molecule has 5 nitrogen and oxygen atoms in total. The summed E-state index contributed by atoms with van der Waals surface area (Å²) >= 11 is 0. The summed E-state index contributed by atoms with van der Waals surface area (Å²) in [6, 6.07) is 20.9. The maximum Gasteiger partial charge on any atom is 0.414 e. The second-order valence-electron chi connectivity index (χ2n) is 8.59. The van der Waals surface area contributed by atoms with E-state index < -0.39 is 5.41 Å². The number of amides is 1. The van der Waals surface area contributed by atoms with Crippen LogP contribution in [-0.4, -0.2) is 56.2 Å². The smallest absolute Gasteiger partial charge is 0.414 e. The molecule has 0 saturated carbocycles. The van der Waals surface area contributed by atoms with E-state index in [9.17, 15) is 4.79 Å². The third-order valence-corrected chi connectivity index (χ3v) is 6.16. The summed E-state index contributed by atoms with van der Waals surface area (Å²) in [7, 11) is 5.94. The molecule has 32 heavy (non-hydrogen) atoms. The van der Waals surface area contributed by atoms with Crippen LogP contribution in [0, 0.1) is 0 Å². The number of ether oxygens (including phenoxy) is 1. The number of hydrogen-bond donors (Lipinski definition) is 1. The summed E-state index contributed by atoms with van der Waals surface area (Å²) in [5.74, 6) is 0.652. The Hall–Kier alpha value is -2.63. The van der Waals surface area contributed by atoms with Gasteiger partial charge in [0.1, 0.15) is 5.76 Å². The number of hydrogen-bond acceptors (Lipinski definition) is 4. The van der Waals surface area contributed by atoms with E-state index in [0.29, 0.717) is 18.8 Å². The van der Waals surface area contributed by atoms with Gasteiger partial charge in [0.2, 0.25) is 0 Å². The zero-order chi connectivity index (χ0) is 23.6. The average molecular weight is 438 g/mol. The first-order valence-electron chi connectivity index (χ1n) is 11.4. The highest BCUT2D eigenvalue weighted by Gasteiger charge is 2.42. The molecule has 0 bridgehead atoms. The molecule has 0 fully saturated rings. The minimum Gasteiger partial charge on any atom is -0.414 e. The van der Waals surface area contributed by atoms with E-state index in [1.54, 1.807) is 11.9 Å². The summed E-state index contributed by atoms with van der Waals surface area (Å²) in [5, 5.41) is 0. The molecule has 5 heteroatoms. The van der Waals surface area contributed by atoms with E-state index in [1.165, 1.54) is 0 Å². The highest BCUT2D eigenvalue weighted by Crippen LogP contribution is 2.44. The fraction of sp³-hybridized carbons (Fsp3) is 0.444. The fourth-order valence-electron chi connectivity index (χ4n) is 4.01. The minimum atomic E-state index is -0.602. The lowest BCUT2D eigenvalue weighted by atomic mass is 9.68. The Labute approximate surface area is 193 Å². The van der Waals surface area contributed by atoms with E-state index in [0.717, 1.165) is 30.4 Å². The SMILES string of the molecule is C/C=C(\OC(=O)N(C)CCCCN)C(C[C@@H](C)N(C)C)(c1ccccc1)c1ccccc1. The highest BCUT2D eigenvalue weighted by atomic mass is 16.6. The van der Waals surface area contributed by atoms with Gasteiger partial charge in [0.25, 0.3) is 0 Å². The molecule has 1 atom stereocenters. The predicted octanol–water partition coefficient (Wildman–Crippen LogP) is 5.02. The van der Waals surface area contributed by atoms with Gasteiger partial charge in [-0.05, 0) is 71.0 Å². The third-order valence-electron chi connectivity index (χ3n) is 6.16. The van der Waals surface area contributed by atoms with Crippen molar-refractivity contribution < 1.29 is 9.53 Å². The first-order valence-corrected chi connectivity index (χ1v) is 11.4. The van der Waals surface area contributed by atoms with Crippen LogP contribution in [0.5, 0.6) is 0 Å². The van der Waals surface area contributed by atoms with E-state index in [2.05, 4.69) is 50.2 Å². The van der Waals surface area contributed by atoms with Crippen molar-refractivity contribution in [1.29, 1.82) is 0 Å². The molecule has 0 spiro atoms. The van der Waals surface area contributed by atoms with Crippen molar-refractivity contribution in [3.05, 3.63) is 83.6 Å². The lowest BCUT2D eigenvalue weighted by molar-refractivity contribution is 0.121. The number of unbranched alkanes of at least 4 members (excludes halogenated alkanes) is 1. The molecule has 2 rings (SSSR count). The minimum absolute atomic E-state index is 0.242. The summed E-state index contributed by atoms with van der Waals surface area (Å²) in [6.45, 7) is 5.38. The molecule has 0 radical (unpaired) electrons. The Kier molecular flexibility index (Phi) is 9.95. The molecule has 2 N–H and O–H groups in total. The number of allylic oxidation sites excluding steroid dienone is 2. The number of carbonyl (C=O) groups excluding carboxylic acids is 1. The van der Waals surface area contributed by atoms with Gasteiger partial charge in [-0.15, -0.1) is 0 Å². The molecule has 0 saturated heterocycles. The van der Waals surface area contributed by atoms with Gasteiger partial charge in [0.05, 0.1) is 5.41 Å². The fourth-order valence-corrected chi connectivity index (χ4v) is 4.01. The normalized spacial score (nSPS) is 13.2. The van der Waals surface area contributed by atoms with Crippen LogP contribution in [-0.2, 0) is 10.2 Å². The quantitative estimate of drug-likeness (QED) is 0.396. The lowest BCUT2D eigenvalue weighted by Gasteiger charge is -2.40. The van der Waals surface area contributed by atoms with Crippen molar-refractivity contribution >= 4 is 6.09 Å². The summed E-state index contributed by atoms with van der Waals surface area (Å²) < 4.78 is 6.15. The molecule has 0 aliphatic carbocycles. The van der Waals surface area contributed by atoms with E-state index in [-0.39, 0.29) is 12.1 Å². The van der Waals surface area contributed by atoms with Crippen molar-refractivity contribution in [2.24, 2.45) is 5.73 Å². The second-order valence-corrected chi connectivity index (χ2v) is 8.59. The van der Waals surface area contributed by atoms with Crippen molar-refractivity contribution in [3.63, 3.8) is 0 Å². The first-order chi connectivity index (χ1) is 15.4. The molecule has 2 aromatic carbocycles. The van der Waals surface area contributed by atoms with Crippen LogP contribution in [0.25, 0.3) is 0 Å². The zero-order valence-electron chi connectivity index (χ0n) is 20.3. The molecule has 0 aromatic heterocycles. The molecule has 1 amide bonds. The first kappa shape index (κ1) is 25.6. The lowest BCUT2D eigenvalue weighted by Crippen LogP contribution is -2.41. The maximum absolute atomic E-state index is 13.1. The van der Waals surface area contributed by atoms with Crippen LogP contribution in [0.15, 0.2) is 72.5 Å². The number of nitrogens with two attached hydrogens (primary N) is 1. The van der Waals surface area contributed by atoms with Gasteiger partial charge >= 0.3 is 6.09 Å². The van der Waals surface area contributed by atoms with Crippen LogP contribution in [0.3, 0.4) is 0 Å². The number of carbonyl (C=O) groups is 1. The number of rotatable bonds is 11. The predicted molar refractivity (Wildman–Crippen MR) is 133 cm³/mol. The maximum atomic E-state index is 13.1. The molecule has 0 aliphatic heterocycles. The van der Waals surface area contributed by atoms with Crippen LogP contribution in [0.2, 0.25) is 0 Å². The van der Waals surface area contributed by atoms with Crippen LogP contribution < -0.4 is 5.73 Å². The van der Waals surface area contributed by atoms with Gasteiger partial charge < -0.3 is 20.3 Å². The molecule has 0 aliphatic rings. The van der Waals surface area contributed by atoms with E-state index >= 15 is 0 Å². The molecule has 174 valence electrons. The Morgan fingerprint density at radius 3 is 1.97 bits per heavy atom. The molecular weight excluding hydrogens is 398 g/mol. The van der Waals surface area contributed by atoms with Gasteiger partial charge in [0, 0.05) is 19.6 Å². The standard InChI is InChI=1S/C27H39N3O2/c1-6-25(32-26(31)30(5)20-14-13-19-28)27(21-22(2)29(3)4,23-15-9-7-10-16-23)24-17-11-8-12-18-24/h6-12,15-18,22H,13-14,19-21,28H2,1-5H3/b25-6-/t22-/m1/s1. The molecule has 2 aromatic rings.